The number of ether oxygens (including phenoxy) is 1. The number of carbonyl (C=O) groups is 1. The van der Waals surface area contributed by atoms with Gasteiger partial charge in [0.2, 0.25) is 11.8 Å². The highest BCUT2D eigenvalue weighted by molar-refractivity contribution is 6.29. The number of nitrogens with zero attached hydrogens (tertiary/aromatic N) is 4. The number of aromatic nitrogens is 2. The lowest BCUT2D eigenvalue weighted by molar-refractivity contribution is -0.117. The molecule has 1 heterocycles. The van der Waals surface area contributed by atoms with Crippen LogP contribution in [-0.4, -0.2) is 35.5 Å². The Labute approximate surface area is 133 Å². The summed E-state index contributed by atoms with van der Waals surface area (Å²) in [6.07, 6.45) is 3.66. The molecule has 0 spiro atoms. The third kappa shape index (κ3) is 3.88. The summed E-state index contributed by atoms with van der Waals surface area (Å²) in [7, 11) is 1.52. The Bertz CT molecular complexity index is 644. The van der Waals surface area contributed by atoms with Gasteiger partial charge in [0.1, 0.15) is 23.1 Å². The summed E-state index contributed by atoms with van der Waals surface area (Å²) in [5, 5.41) is 2.97. The summed E-state index contributed by atoms with van der Waals surface area (Å²) in [6, 6.07) is 1.49. The molecule has 2 rings (SSSR count). The van der Waals surface area contributed by atoms with Crippen molar-refractivity contribution < 1.29 is 9.53 Å². The molecule has 1 fully saturated rings. The largest absolute Gasteiger partial charge is 0.481 e. The van der Waals surface area contributed by atoms with Gasteiger partial charge in [-0.1, -0.05) is 11.6 Å². The van der Waals surface area contributed by atoms with Crippen LogP contribution in [0.15, 0.2) is 34.3 Å². The van der Waals surface area contributed by atoms with E-state index < -0.39 is 0 Å². The van der Waals surface area contributed by atoms with Gasteiger partial charge >= 0.3 is 0 Å². The Balaban J connectivity index is 2.01. The van der Waals surface area contributed by atoms with Crippen molar-refractivity contribution in [2.24, 2.45) is 21.8 Å². The summed E-state index contributed by atoms with van der Waals surface area (Å²) >= 11 is 5.75. The van der Waals surface area contributed by atoms with Crippen molar-refractivity contribution >= 4 is 35.9 Å². The summed E-state index contributed by atoms with van der Waals surface area (Å²) < 4.78 is 5.07. The van der Waals surface area contributed by atoms with E-state index in [-0.39, 0.29) is 22.9 Å². The molecule has 1 aromatic rings. The van der Waals surface area contributed by atoms with Gasteiger partial charge in [-0.3, -0.25) is 4.79 Å². The predicted octanol–water partition coefficient (Wildman–Crippen LogP) is 2.31. The number of aliphatic imine (C=N–C) groups is 2. The fourth-order valence-electron chi connectivity index (χ4n) is 1.97. The topological polar surface area (TPSA) is 88.8 Å². The van der Waals surface area contributed by atoms with E-state index in [0.29, 0.717) is 24.0 Å². The molecule has 1 aliphatic rings. The summed E-state index contributed by atoms with van der Waals surface area (Å²) in [5.41, 5.74) is 0. The van der Waals surface area contributed by atoms with Gasteiger partial charge in [0, 0.05) is 17.9 Å². The molecule has 0 aromatic carbocycles. The van der Waals surface area contributed by atoms with E-state index in [2.05, 4.69) is 32.0 Å². The highest BCUT2D eigenvalue weighted by Crippen LogP contribution is 2.41. The van der Waals surface area contributed by atoms with E-state index in [1.165, 1.54) is 19.5 Å². The van der Waals surface area contributed by atoms with Crippen LogP contribution in [0, 0.1) is 11.8 Å². The molecule has 1 saturated carbocycles. The van der Waals surface area contributed by atoms with Crippen molar-refractivity contribution in [1.29, 1.82) is 0 Å². The van der Waals surface area contributed by atoms with Gasteiger partial charge in [-0.25, -0.2) is 15.0 Å². The van der Waals surface area contributed by atoms with Gasteiger partial charge in [-0.2, -0.15) is 4.99 Å². The zero-order valence-corrected chi connectivity index (χ0v) is 13.0. The van der Waals surface area contributed by atoms with E-state index in [1.54, 1.807) is 13.0 Å². The van der Waals surface area contributed by atoms with Crippen LogP contribution in [0.2, 0.25) is 5.15 Å². The molecule has 1 aromatic heterocycles. The highest BCUT2D eigenvalue weighted by Gasteiger charge is 2.46. The number of allylic oxidation sites excluding steroid dienone is 1. The molecule has 1 aliphatic carbocycles. The average Bonchev–Trinajstić information content (AvgIpc) is 3.29. The number of carbonyl (C=O) groups excluding carboxylic acids is 1. The monoisotopic (exact) mass is 321 g/mol. The molecule has 0 aliphatic heterocycles. The van der Waals surface area contributed by atoms with Crippen molar-refractivity contribution in [3.8, 4) is 0 Å². The molecular weight excluding hydrogens is 306 g/mol. The minimum Gasteiger partial charge on any atom is -0.481 e. The molecule has 0 bridgehead atoms. The number of amides is 1. The lowest BCUT2D eigenvalue weighted by Gasteiger charge is -2.04. The second-order valence-corrected chi connectivity index (χ2v) is 5.01. The van der Waals surface area contributed by atoms with E-state index in [0.717, 1.165) is 0 Å². The first-order valence-corrected chi connectivity index (χ1v) is 7.00. The van der Waals surface area contributed by atoms with Crippen LogP contribution in [-0.2, 0) is 9.53 Å². The van der Waals surface area contributed by atoms with E-state index in [1.807, 2.05) is 0 Å². The van der Waals surface area contributed by atoms with Gasteiger partial charge in [0.25, 0.3) is 0 Å². The second-order valence-electron chi connectivity index (χ2n) is 4.62. The van der Waals surface area contributed by atoms with Crippen LogP contribution in [0.25, 0.3) is 0 Å². The van der Waals surface area contributed by atoms with Crippen LogP contribution in [0.4, 0.5) is 5.82 Å². The summed E-state index contributed by atoms with van der Waals surface area (Å²) in [6.45, 7) is 5.30. The normalized spacial score (nSPS) is 21.2. The molecule has 1 amide bonds. The quantitative estimate of drug-likeness (QED) is 0.390. The number of hydrogen-bond acceptors (Lipinski definition) is 5. The zero-order valence-electron chi connectivity index (χ0n) is 12.3. The first-order chi connectivity index (χ1) is 10.6. The number of amidine groups is 1. The third-order valence-corrected chi connectivity index (χ3v) is 3.39. The highest BCUT2D eigenvalue weighted by atomic mass is 35.5. The number of nitrogens with one attached hydrogen (secondary N) is 1. The van der Waals surface area contributed by atoms with Gasteiger partial charge in [-0.05, 0) is 26.1 Å². The molecule has 8 heteroatoms. The van der Waals surface area contributed by atoms with Gasteiger partial charge in [-0.15, -0.1) is 0 Å². The molecule has 1 N–H and O–H groups in total. The maximum Gasteiger partial charge on any atom is 0.229 e. The Morgan fingerprint density at radius 2 is 2.32 bits per heavy atom. The maximum absolute atomic E-state index is 12.2. The smallest absolute Gasteiger partial charge is 0.229 e. The maximum atomic E-state index is 12.2. The molecule has 2 atom stereocenters. The number of methoxy groups -OCH3 is 1. The average molecular weight is 322 g/mol. The van der Waals surface area contributed by atoms with Gasteiger partial charge in [0.15, 0.2) is 0 Å². The van der Waals surface area contributed by atoms with Crippen molar-refractivity contribution in [3.63, 3.8) is 0 Å². The molecule has 7 nitrogen and oxygen atoms in total. The lowest BCUT2D eigenvalue weighted by Crippen LogP contribution is -2.17. The van der Waals surface area contributed by atoms with Gasteiger partial charge in [0.05, 0.1) is 7.11 Å². The van der Waals surface area contributed by atoms with E-state index >= 15 is 0 Å². The van der Waals surface area contributed by atoms with Crippen LogP contribution in [0.1, 0.15) is 13.3 Å². The standard InChI is InChI=1S/C14H16ClN5O2/c1-4-12(22-3)20-13(16-2)8-5-9(8)14(21)19-11-6-10(15)17-7-18-11/h4,6-9H,2,5H2,1,3H3,(H,17,18,19,21)/b12-4+,20-13?/t8-,9-/m0/s1. The van der Waals surface area contributed by atoms with Crippen LogP contribution < -0.4 is 5.32 Å². The number of hydrogen-bond donors (Lipinski definition) is 1. The molecule has 0 radical (unpaired) electrons. The lowest BCUT2D eigenvalue weighted by atomic mass is 10.2. The Morgan fingerprint density at radius 1 is 1.55 bits per heavy atom. The van der Waals surface area contributed by atoms with Crippen molar-refractivity contribution in [2.75, 3.05) is 12.4 Å². The van der Waals surface area contributed by atoms with Crippen molar-refractivity contribution in [2.45, 2.75) is 13.3 Å². The minimum absolute atomic E-state index is 0.0695. The Kier molecular flexibility index (Phi) is 5.21. The zero-order chi connectivity index (χ0) is 16.1. The molecule has 0 saturated heterocycles. The first kappa shape index (κ1) is 16.1. The number of anilines is 1. The molecule has 22 heavy (non-hydrogen) atoms. The first-order valence-electron chi connectivity index (χ1n) is 6.63. The Morgan fingerprint density at radius 3 is 2.91 bits per heavy atom. The van der Waals surface area contributed by atoms with Crippen molar-refractivity contribution in [1.82, 2.24) is 9.97 Å². The van der Waals surface area contributed by atoms with Gasteiger partial charge < -0.3 is 10.1 Å². The summed E-state index contributed by atoms with van der Waals surface area (Å²) in [4.78, 5) is 28.0. The van der Waals surface area contributed by atoms with E-state index in [9.17, 15) is 4.79 Å². The fourth-order valence-corrected chi connectivity index (χ4v) is 2.11. The van der Waals surface area contributed by atoms with Crippen LogP contribution in [0.3, 0.4) is 0 Å². The van der Waals surface area contributed by atoms with E-state index in [4.69, 9.17) is 16.3 Å². The molecule has 0 unspecified atom stereocenters. The Hall–Kier alpha value is -2.28. The second kappa shape index (κ2) is 7.13. The summed E-state index contributed by atoms with van der Waals surface area (Å²) in [5.74, 6) is 0.863. The SMILES string of the molecule is C=NC(=N/C(=C\C)OC)[C@H]1C[C@@H]1C(=O)Nc1cc(Cl)ncn1. The van der Waals surface area contributed by atoms with Crippen LogP contribution >= 0.6 is 11.6 Å². The third-order valence-electron chi connectivity index (χ3n) is 3.19. The molecule has 116 valence electrons. The van der Waals surface area contributed by atoms with Crippen molar-refractivity contribution in [3.05, 3.63) is 29.5 Å². The minimum atomic E-state index is -0.215. The number of rotatable bonds is 5. The fraction of sp³-hybridized carbons (Fsp3) is 0.357. The predicted molar refractivity (Wildman–Crippen MR) is 85.0 cm³/mol. The molecular formula is C14H16ClN5O2. The van der Waals surface area contributed by atoms with Crippen LogP contribution in [0.5, 0.6) is 0 Å². The number of halogens is 1.